The quantitative estimate of drug-likeness (QED) is 0.620. The number of anilines is 1. The van der Waals surface area contributed by atoms with Gasteiger partial charge in [-0.3, -0.25) is 4.79 Å². The molecule has 4 N–H and O–H groups in total. The first-order chi connectivity index (χ1) is 14.3. The third kappa shape index (κ3) is 3.82. The van der Waals surface area contributed by atoms with Crippen molar-refractivity contribution in [3.63, 3.8) is 0 Å². The minimum absolute atomic E-state index is 0.0498. The van der Waals surface area contributed by atoms with Crippen LogP contribution in [0.5, 0.6) is 5.75 Å². The topological polar surface area (TPSA) is 88.2 Å². The summed E-state index contributed by atoms with van der Waals surface area (Å²) in [4.78, 5) is 12.8. The van der Waals surface area contributed by atoms with Gasteiger partial charge in [0.05, 0.1) is 6.61 Å². The van der Waals surface area contributed by atoms with Crippen LogP contribution in [0.1, 0.15) is 50.2 Å². The lowest BCUT2D eigenvalue weighted by atomic mass is 9.79. The lowest BCUT2D eigenvalue weighted by molar-refractivity contribution is -0.117. The highest BCUT2D eigenvalue weighted by Gasteiger charge is 2.54. The van der Waals surface area contributed by atoms with Crippen LogP contribution in [0.4, 0.5) is 10.1 Å². The predicted octanol–water partition coefficient (Wildman–Crippen LogP) is 4.84. The molecule has 5 nitrogen and oxygen atoms in total. The fourth-order valence-electron chi connectivity index (χ4n) is 4.41. The second kappa shape index (κ2) is 7.59. The molecule has 1 unspecified atom stereocenters. The van der Waals surface area contributed by atoms with Crippen molar-refractivity contribution >= 4 is 22.9 Å². The summed E-state index contributed by atoms with van der Waals surface area (Å²) in [6.45, 7) is 4.05. The van der Waals surface area contributed by atoms with Gasteiger partial charge in [0.2, 0.25) is 5.91 Å². The number of carbonyl (C=O) groups excluding carboxylic acids is 1. The number of ether oxygens (including phenoxy) is 1. The van der Waals surface area contributed by atoms with Crippen LogP contribution in [-0.4, -0.2) is 18.2 Å². The number of allylic oxidation sites excluding steroid dienone is 2. The molecule has 156 valence electrons. The predicted molar refractivity (Wildman–Crippen MR) is 116 cm³/mol. The zero-order valence-corrected chi connectivity index (χ0v) is 17.2. The minimum Gasteiger partial charge on any atom is -0.493 e. The van der Waals surface area contributed by atoms with Crippen molar-refractivity contribution in [2.75, 3.05) is 11.9 Å². The zero-order valence-electron chi connectivity index (χ0n) is 17.2. The monoisotopic (exact) mass is 407 g/mol. The van der Waals surface area contributed by atoms with Gasteiger partial charge in [-0.1, -0.05) is 12.1 Å². The minimum atomic E-state index is -0.309. The number of hydrogen-bond donors (Lipinski definition) is 3. The van der Waals surface area contributed by atoms with E-state index < -0.39 is 0 Å². The van der Waals surface area contributed by atoms with Gasteiger partial charge < -0.3 is 21.2 Å². The molecule has 0 radical (unpaired) electrons. The van der Waals surface area contributed by atoms with Gasteiger partial charge in [0.25, 0.3) is 0 Å². The highest BCUT2D eigenvalue weighted by molar-refractivity contribution is 6.21. The first-order valence-corrected chi connectivity index (χ1v) is 10.1. The SMILES string of the molecule is CC(=N)/C(=C(/C)N)c1ccc(NC(=O)CC2c3cc(F)ccc3OCC23CC3)cc1. The normalized spacial score (nSPS) is 19.4. The van der Waals surface area contributed by atoms with E-state index in [0.717, 1.165) is 24.0 Å². The van der Waals surface area contributed by atoms with Gasteiger partial charge in [-0.25, -0.2) is 4.39 Å². The van der Waals surface area contributed by atoms with Crippen LogP contribution in [-0.2, 0) is 4.79 Å². The molecule has 1 aliphatic heterocycles. The van der Waals surface area contributed by atoms with E-state index in [1.165, 1.54) is 12.1 Å². The van der Waals surface area contributed by atoms with E-state index in [-0.39, 0.29) is 29.5 Å². The maximum absolute atomic E-state index is 13.9. The molecule has 0 bridgehead atoms. The zero-order chi connectivity index (χ0) is 21.5. The third-order valence-corrected chi connectivity index (χ3v) is 6.11. The molecule has 0 aromatic heterocycles. The van der Waals surface area contributed by atoms with E-state index in [9.17, 15) is 9.18 Å². The number of benzene rings is 2. The first-order valence-electron chi connectivity index (χ1n) is 10.1. The Balaban J connectivity index is 1.50. The fourth-order valence-corrected chi connectivity index (χ4v) is 4.41. The Kier molecular flexibility index (Phi) is 5.10. The third-order valence-electron chi connectivity index (χ3n) is 6.11. The molecule has 0 saturated heterocycles. The largest absolute Gasteiger partial charge is 0.493 e. The van der Waals surface area contributed by atoms with Crippen LogP contribution in [0.25, 0.3) is 5.57 Å². The number of halogens is 1. The van der Waals surface area contributed by atoms with Crippen molar-refractivity contribution in [1.29, 1.82) is 5.41 Å². The van der Waals surface area contributed by atoms with Crippen LogP contribution in [0.2, 0.25) is 0 Å². The maximum Gasteiger partial charge on any atom is 0.225 e. The van der Waals surface area contributed by atoms with E-state index in [1.807, 2.05) is 24.3 Å². The highest BCUT2D eigenvalue weighted by Crippen LogP contribution is 2.61. The van der Waals surface area contributed by atoms with E-state index >= 15 is 0 Å². The molecule has 2 aromatic rings. The smallest absolute Gasteiger partial charge is 0.225 e. The summed E-state index contributed by atoms with van der Waals surface area (Å²) in [5.41, 5.74) is 9.84. The number of amides is 1. The Labute approximate surface area is 175 Å². The molecule has 1 amide bonds. The summed E-state index contributed by atoms with van der Waals surface area (Å²) in [5, 5.41) is 10.9. The summed E-state index contributed by atoms with van der Waals surface area (Å²) in [6.07, 6.45) is 2.27. The van der Waals surface area contributed by atoms with Crippen LogP contribution in [0.3, 0.4) is 0 Å². The average molecular weight is 407 g/mol. The van der Waals surface area contributed by atoms with Gasteiger partial charge in [-0.15, -0.1) is 0 Å². The fraction of sp³-hybridized carbons (Fsp3) is 0.333. The van der Waals surface area contributed by atoms with Gasteiger partial charge >= 0.3 is 0 Å². The Morgan fingerprint density at radius 2 is 1.93 bits per heavy atom. The van der Waals surface area contributed by atoms with Crippen LogP contribution in [0, 0.1) is 16.6 Å². The molecule has 4 rings (SSSR count). The number of nitrogens with one attached hydrogen (secondary N) is 2. The molecular formula is C24H26FN3O2. The molecule has 6 heteroatoms. The van der Waals surface area contributed by atoms with Crippen molar-refractivity contribution in [3.8, 4) is 5.75 Å². The molecule has 1 saturated carbocycles. The first kappa shape index (κ1) is 20.1. The van der Waals surface area contributed by atoms with Crippen LogP contribution < -0.4 is 15.8 Å². The Hall–Kier alpha value is -3.15. The lowest BCUT2D eigenvalue weighted by Gasteiger charge is -2.33. The van der Waals surface area contributed by atoms with Crippen molar-refractivity contribution in [3.05, 3.63) is 65.1 Å². The van der Waals surface area contributed by atoms with Crippen molar-refractivity contribution in [2.24, 2.45) is 11.1 Å². The van der Waals surface area contributed by atoms with E-state index in [1.54, 1.807) is 19.9 Å². The molecule has 1 atom stereocenters. The second-order valence-corrected chi connectivity index (χ2v) is 8.40. The number of rotatable bonds is 5. The summed E-state index contributed by atoms with van der Waals surface area (Å²) in [6, 6.07) is 11.9. The van der Waals surface area contributed by atoms with Crippen molar-refractivity contribution in [2.45, 2.75) is 39.0 Å². The Morgan fingerprint density at radius 1 is 1.23 bits per heavy atom. The maximum atomic E-state index is 13.9. The van der Waals surface area contributed by atoms with Crippen molar-refractivity contribution < 1.29 is 13.9 Å². The Morgan fingerprint density at radius 3 is 2.53 bits per heavy atom. The van der Waals surface area contributed by atoms with Gasteiger partial charge in [-0.05, 0) is 62.6 Å². The average Bonchev–Trinajstić information content (AvgIpc) is 3.46. The molecule has 1 spiro atoms. The second-order valence-electron chi connectivity index (χ2n) is 8.40. The Bertz CT molecular complexity index is 1030. The summed E-state index contributed by atoms with van der Waals surface area (Å²) >= 11 is 0. The molecule has 1 heterocycles. The van der Waals surface area contributed by atoms with Crippen molar-refractivity contribution in [1.82, 2.24) is 0 Å². The van der Waals surface area contributed by atoms with Gasteiger partial charge in [-0.2, -0.15) is 0 Å². The lowest BCUT2D eigenvalue weighted by Crippen LogP contribution is -2.30. The number of hydrogen-bond acceptors (Lipinski definition) is 4. The van der Waals surface area contributed by atoms with E-state index in [0.29, 0.717) is 35.0 Å². The molecule has 2 aromatic carbocycles. The van der Waals surface area contributed by atoms with Crippen LogP contribution in [0.15, 0.2) is 48.2 Å². The number of fused-ring (bicyclic) bond motifs is 1. The molecule has 30 heavy (non-hydrogen) atoms. The molecule has 1 fully saturated rings. The standard InChI is InChI=1S/C24H26FN3O2/c1-14(26)23(15(2)27)16-3-6-18(7-4-16)28-22(29)12-20-19-11-17(25)5-8-21(19)30-13-24(20)9-10-24/h3-8,11,20,26H,9-10,12-13,27H2,1-2H3,(H,28,29)/b23-15+,26-14?. The highest BCUT2D eigenvalue weighted by atomic mass is 19.1. The van der Waals surface area contributed by atoms with E-state index in [2.05, 4.69) is 5.32 Å². The molecular weight excluding hydrogens is 381 g/mol. The van der Waals surface area contributed by atoms with Gasteiger partial charge in [0, 0.05) is 46.0 Å². The number of carbonyl (C=O) groups is 1. The molecule has 2 aliphatic rings. The van der Waals surface area contributed by atoms with E-state index in [4.69, 9.17) is 15.9 Å². The molecule has 1 aliphatic carbocycles. The van der Waals surface area contributed by atoms with Gasteiger partial charge in [0.1, 0.15) is 11.6 Å². The summed E-state index contributed by atoms with van der Waals surface area (Å²) in [5.74, 6) is 0.211. The summed E-state index contributed by atoms with van der Waals surface area (Å²) in [7, 11) is 0. The summed E-state index contributed by atoms with van der Waals surface area (Å²) < 4.78 is 19.7. The van der Waals surface area contributed by atoms with Gasteiger partial charge in [0.15, 0.2) is 0 Å². The van der Waals surface area contributed by atoms with Crippen LogP contribution >= 0.6 is 0 Å². The number of nitrogens with two attached hydrogens (primary N) is 1.